The van der Waals surface area contributed by atoms with Gasteiger partial charge in [0.25, 0.3) is 5.91 Å². The predicted molar refractivity (Wildman–Crippen MR) is 105 cm³/mol. The molecule has 1 amide bonds. The van der Waals surface area contributed by atoms with Gasteiger partial charge in [0.05, 0.1) is 0 Å². The average molecular weight is 340 g/mol. The van der Waals surface area contributed by atoms with E-state index in [1.807, 2.05) is 43.3 Å². The standard InChI is InChI=1S/C20H24N2OS/c1-5-15-8-6-7-14(4)18(15)21-20(24)22-19(23)17-11-9-16(10-12-17)13(2)3/h6-13H,5H2,1-4H3,(H2,21,22,23,24). The Balaban J connectivity index is 2.06. The molecule has 0 atom stereocenters. The molecule has 0 aliphatic carbocycles. The molecule has 0 bridgehead atoms. The maximum Gasteiger partial charge on any atom is 0.257 e. The van der Waals surface area contributed by atoms with Gasteiger partial charge in [-0.15, -0.1) is 0 Å². The van der Waals surface area contributed by atoms with Crippen molar-refractivity contribution in [3.63, 3.8) is 0 Å². The third-order valence-electron chi connectivity index (χ3n) is 4.05. The summed E-state index contributed by atoms with van der Waals surface area (Å²) < 4.78 is 0. The number of anilines is 1. The lowest BCUT2D eigenvalue weighted by atomic mass is 10.0. The highest BCUT2D eigenvalue weighted by Gasteiger charge is 2.11. The second-order valence-corrected chi connectivity index (χ2v) is 6.56. The smallest absolute Gasteiger partial charge is 0.257 e. The minimum atomic E-state index is -0.200. The number of benzene rings is 2. The van der Waals surface area contributed by atoms with Gasteiger partial charge < -0.3 is 5.32 Å². The Hall–Kier alpha value is -2.20. The zero-order valence-corrected chi connectivity index (χ0v) is 15.5. The maximum atomic E-state index is 12.3. The fourth-order valence-electron chi connectivity index (χ4n) is 2.54. The zero-order chi connectivity index (χ0) is 17.7. The van der Waals surface area contributed by atoms with Gasteiger partial charge in [-0.05, 0) is 60.3 Å². The summed E-state index contributed by atoms with van der Waals surface area (Å²) in [5.74, 6) is 0.243. The van der Waals surface area contributed by atoms with Gasteiger partial charge in [-0.3, -0.25) is 10.1 Å². The molecule has 0 unspecified atom stereocenters. The molecule has 0 fully saturated rings. The Labute approximate surface area is 149 Å². The van der Waals surface area contributed by atoms with E-state index in [0.717, 1.165) is 17.7 Å². The number of carbonyl (C=O) groups is 1. The van der Waals surface area contributed by atoms with E-state index in [4.69, 9.17) is 12.2 Å². The molecular weight excluding hydrogens is 316 g/mol. The van der Waals surface area contributed by atoms with Crippen LogP contribution in [0.3, 0.4) is 0 Å². The lowest BCUT2D eigenvalue weighted by molar-refractivity contribution is 0.0977. The third kappa shape index (κ3) is 4.42. The van der Waals surface area contributed by atoms with Crippen LogP contribution in [0.1, 0.15) is 53.7 Å². The van der Waals surface area contributed by atoms with Crippen LogP contribution < -0.4 is 10.6 Å². The first-order valence-electron chi connectivity index (χ1n) is 8.23. The summed E-state index contributed by atoms with van der Waals surface area (Å²) in [6.45, 7) is 8.37. The molecule has 3 nitrogen and oxygen atoms in total. The molecule has 2 rings (SSSR count). The normalized spacial score (nSPS) is 10.5. The van der Waals surface area contributed by atoms with Gasteiger partial charge in [0.2, 0.25) is 0 Å². The quantitative estimate of drug-likeness (QED) is 0.785. The first-order valence-corrected chi connectivity index (χ1v) is 8.64. The van der Waals surface area contributed by atoms with Crippen LogP contribution >= 0.6 is 12.2 Å². The summed E-state index contributed by atoms with van der Waals surface area (Å²) in [4.78, 5) is 12.3. The van der Waals surface area contributed by atoms with E-state index in [1.54, 1.807) is 0 Å². The van der Waals surface area contributed by atoms with Crippen LogP contribution in [0.25, 0.3) is 0 Å². The van der Waals surface area contributed by atoms with Crippen LogP contribution in [-0.4, -0.2) is 11.0 Å². The Bertz CT molecular complexity index is 736. The second kappa shape index (κ2) is 8.06. The molecule has 0 aliphatic heterocycles. The minimum absolute atomic E-state index is 0.200. The number of amides is 1. The van der Waals surface area contributed by atoms with Crippen LogP contribution in [0.15, 0.2) is 42.5 Å². The first-order chi connectivity index (χ1) is 11.4. The van der Waals surface area contributed by atoms with Crippen molar-refractivity contribution in [1.29, 1.82) is 0 Å². The summed E-state index contributed by atoms with van der Waals surface area (Å²) >= 11 is 5.30. The van der Waals surface area contributed by atoms with Gasteiger partial charge in [-0.25, -0.2) is 0 Å². The second-order valence-electron chi connectivity index (χ2n) is 6.15. The van der Waals surface area contributed by atoms with Crippen LogP contribution in [-0.2, 0) is 6.42 Å². The SMILES string of the molecule is CCc1cccc(C)c1NC(=S)NC(=O)c1ccc(C(C)C)cc1. The van der Waals surface area contributed by atoms with Gasteiger partial charge >= 0.3 is 0 Å². The molecule has 0 spiro atoms. The first kappa shape index (κ1) is 18.1. The number of rotatable bonds is 4. The Morgan fingerprint density at radius 2 is 1.79 bits per heavy atom. The lowest BCUT2D eigenvalue weighted by Crippen LogP contribution is -2.34. The number of para-hydroxylation sites is 1. The molecule has 0 saturated heterocycles. The molecule has 126 valence electrons. The lowest BCUT2D eigenvalue weighted by Gasteiger charge is -2.15. The summed E-state index contributed by atoms with van der Waals surface area (Å²) in [7, 11) is 0. The van der Waals surface area contributed by atoms with Crippen LogP contribution in [0.5, 0.6) is 0 Å². The van der Waals surface area contributed by atoms with E-state index < -0.39 is 0 Å². The summed E-state index contributed by atoms with van der Waals surface area (Å²) in [6.07, 6.45) is 0.900. The fraction of sp³-hybridized carbons (Fsp3) is 0.300. The van der Waals surface area contributed by atoms with E-state index in [9.17, 15) is 4.79 Å². The van der Waals surface area contributed by atoms with Gasteiger partial charge in [0.15, 0.2) is 5.11 Å². The van der Waals surface area contributed by atoms with Crippen LogP contribution in [0.4, 0.5) is 5.69 Å². The number of thiocarbonyl (C=S) groups is 1. The molecular formula is C20H24N2OS. The molecule has 0 saturated carbocycles. The largest absolute Gasteiger partial charge is 0.332 e. The summed E-state index contributed by atoms with van der Waals surface area (Å²) in [5.41, 5.74) is 5.06. The molecule has 0 heterocycles. The van der Waals surface area contributed by atoms with Crippen molar-refractivity contribution >= 4 is 28.9 Å². The highest BCUT2D eigenvalue weighted by atomic mass is 32.1. The van der Waals surface area contributed by atoms with E-state index in [0.29, 0.717) is 16.6 Å². The zero-order valence-electron chi connectivity index (χ0n) is 14.6. The molecule has 2 N–H and O–H groups in total. The van der Waals surface area contributed by atoms with Crippen molar-refractivity contribution < 1.29 is 4.79 Å². The van der Waals surface area contributed by atoms with Gasteiger partial charge in [0, 0.05) is 11.3 Å². The van der Waals surface area contributed by atoms with Crippen molar-refractivity contribution in [3.8, 4) is 0 Å². The number of hydrogen-bond acceptors (Lipinski definition) is 2. The van der Waals surface area contributed by atoms with E-state index in [-0.39, 0.29) is 5.91 Å². The number of nitrogens with one attached hydrogen (secondary N) is 2. The highest BCUT2D eigenvalue weighted by Crippen LogP contribution is 2.21. The Morgan fingerprint density at radius 1 is 1.12 bits per heavy atom. The highest BCUT2D eigenvalue weighted by molar-refractivity contribution is 7.80. The number of aryl methyl sites for hydroxylation is 2. The van der Waals surface area contributed by atoms with Crippen molar-refractivity contribution in [2.24, 2.45) is 0 Å². The van der Waals surface area contributed by atoms with Crippen molar-refractivity contribution in [2.75, 3.05) is 5.32 Å². The van der Waals surface area contributed by atoms with E-state index in [2.05, 4.69) is 37.5 Å². The van der Waals surface area contributed by atoms with Crippen molar-refractivity contribution in [3.05, 3.63) is 64.7 Å². The predicted octanol–water partition coefficient (Wildman–Crippen LogP) is 4.81. The molecule has 0 aromatic heterocycles. The van der Waals surface area contributed by atoms with E-state index in [1.165, 1.54) is 11.1 Å². The molecule has 0 aliphatic rings. The van der Waals surface area contributed by atoms with Crippen LogP contribution in [0.2, 0.25) is 0 Å². The van der Waals surface area contributed by atoms with Crippen molar-refractivity contribution in [1.82, 2.24) is 5.32 Å². The van der Waals surface area contributed by atoms with Crippen LogP contribution in [0, 0.1) is 6.92 Å². The molecule has 4 heteroatoms. The van der Waals surface area contributed by atoms with Gasteiger partial charge in [-0.1, -0.05) is 51.1 Å². The molecule has 2 aromatic carbocycles. The van der Waals surface area contributed by atoms with Gasteiger partial charge in [0.1, 0.15) is 0 Å². The third-order valence-corrected chi connectivity index (χ3v) is 4.25. The summed E-state index contributed by atoms with van der Waals surface area (Å²) in [6, 6.07) is 13.7. The monoisotopic (exact) mass is 340 g/mol. The Morgan fingerprint density at radius 3 is 2.38 bits per heavy atom. The van der Waals surface area contributed by atoms with Crippen molar-refractivity contribution in [2.45, 2.75) is 40.0 Å². The summed E-state index contributed by atoms with van der Waals surface area (Å²) in [5, 5.41) is 6.23. The molecule has 0 radical (unpaired) electrons. The minimum Gasteiger partial charge on any atom is -0.332 e. The molecule has 2 aromatic rings. The number of hydrogen-bond donors (Lipinski definition) is 2. The topological polar surface area (TPSA) is 41.1 Å². The Kier molecular flexibility index (Phi) is 6.10. The van der Waals surface area contributed by atoms with E-state index >= 15 is 0 Å². The average Bonchev–Trinajstić information content (AvgIpc) is 2.56. The fourth-order valence-corrected chi connectivity index (χ4v) is 2.74. The van der Waals surface area contributed by atoms with Gasteiger partial charge in [-0.2, -0.15) is 0 Å². The number of carbonyl (C=O) groups excluding carboxylic acids is 1. The maximum absolute atomic E-state index is 12.3. The molecule has 24 heavy (non-hydrogen) atoms.